The van der Waals surface area contributed by atoms with Gasteiger partial charge in [-0.05, 0) is 31.4 Å². The first-order chi connectivity index (χ1) is 9.27. The van der Waals surface area contributed by atoms with Crippen molar-refractivity contribution in [3.63, 3.8) is 0 Å². The van der Waals surface area contributed by atoms with Crippen molar-refractivity contribution in [1.82, 2.24) is 0 Å². The normalized spacial score (nSPS) is 22.7. The first-order valence-corrected chi connectivity index (χ1v) is 6.46. The summed E-state index contributed by atoms with van der Waals surface area (Å²) in [6.07, 6.45) is 2.67. The van der Waals surface area contributed by atoms with Gasteiger partial charge < -0.3 is 9.47 Å². The number of Topliss-reactive ketones (excluding diaryl/α,β-unsaturated/α-hetero) is 1. The average molecular weight is 261 g/mol. The van der Waals surface area contributed by atoms with Crippen LogP contribution in [0.15, 0.2) is 24.3 Å². The van der Waals surface area contributed by atoms with Crippen molar-refractivity contribution >= 4 is 17.4 Å². The van der Waals surface area contributed by atoms with Gasteiger partial charge in [-0.2, -0.15) is 0 Å². The highest BCUT2D eigenvalue weighted by Gasteiger charge is 2.35. The summed E-state index contributed by atoms with van der Waals surface area (Å²) < 4.78 is 11.0. The van der Waals surface area contributed by atoms with Crippen LogP contribution in [0.3, 0.4) is 0 Å². The van der Waals surface area contributed by atoms with Crippen molar-refractivity contribution < 1.29 is 19.1 Å². The van der Waals surface area contributed by atoms with Crippen LogP contribution in [0.25, 0.3) is 0 Å². The van der Waals surface area contributed by atoms with Crippen molar-refractivity contribution in [2.45, 2.75) is 25.6 Å². The fourth-order valence-corrected chi connectivity index (χ4v) is 2.38. The third-order valence-corrected chi connectivity index (χ3v) is 3.41. The van der Waals surface area contributed by atoms with E-state index in [9.17, 15) is 9.59 Å². The summed E-state index contributed by atoms with van der Waals surface area (Å²) >= 11 is 0. The molecule has 3 rings (SSSR count). The molecule has 5 nitrogen and oxygen atoms in total. The quantitative estimate of drug-likeness (QED) is 0.777. The summed E-state index contributed by atoms with van der Waals surface area (Å²) in [5.74, 6) is -0.999. The Kier molecular flexibility index (Phi) is 3.31. The summed E-state index contributed by atoms with van der Waals surface area (Å²) in [5, 5.41) is 0. The Hall–Kier alpha value is -1.72. The van der Waals surface area contributed by atoms with Crippen molar-refractivity contribution in [2.75, 3.05) is 18.2 Å². The molecule has 0 aromatic heterocycles. The van der Waals surface area contributed by atoms with Gasteiger partial charge in [0.1, 0.15) is 6.73 Å². The molecule has 0 saturated carbocycles. The third kappa shape index (κ3) is 2.27. The van der Waals surface area contributed by atoms with E-state index in [1.807, 2.05) is 0 Å². The van der Waals surface area contributed by atoms with Gasteiger partial charge in [-0.25, -0.2) is 0 Å². The van der Waals surface area contributed by atoms with Crippen molar-refractivity contribution in [3.8, 4) is 0 Å². The first kappa shape index (κ1) is 12.3. The zero-order valence-corrected chi connectivity index (χ0v) is 10.5. The predicted molar refractivity (Wildman–Crippen MR) is 67.8 cm³/mol. The van der Waals surface area contributed by atoms with Gasteiger partial charge in [-0.1, -0.05) is 12.1 Å². The van der Waals surface area contributed by atoms with E-state index in [-0.39, 0.29) is 13.0 Å². The number of amides is 1. The predicted octanol–water partition coefficient (Wildman–Crippen LogP) is 1.72. The minimum Gasteiger partial charge on any atom is -0.353 e. The summed E-state index contributed by atoms with van der Waals surface area (Å²) in [4.78, 5) is 25.0. The highest BCUT2D eigenvalue weighted by Crippen LogP contribution is 2.28. The van der Waals surface area contributed by atoms with Gasteiger partial charge >= 0.3 is 5.91 Å². The largest absolute Gasteiger partial charge is 0.353 e. The number of nitrogens with zero attached hydrogens (tertiary/aromatic N) is 1. The smallest absolute Gasteiger partial charge is 0.301 e. The molecule has 19 heavy (non-hydrogen) atoms. The summed E-state index contributed by atoms with van der Waals surface area (Å²) in [6, 6.07) is 6.96. The summed E-state index contributed by atoms with van der Waals surface area (Å²) in [7, 11) is 0. The minimum absolute atomic E-state index is 0.0618. The fraction of sp³-hybridized carbons (Fsp3) is 0.429. The van der Waals surface area contributed by atoms with Gasteiger partial charge in [0.2, 0.25) is 0 Å². The van der Waals surface area contributed by atoms with Gasteiger partial charge in [0, 0.05) is 6.61 Å². The van der Waals surface area contributed by atoms with E-state index in [0.717, 1.165) is 19.3 Å². The van der Waals surface area contributed by atoms with E-state index in [0.29, 0.717) is 17.9 Å². The number of para-hydroxylation sites is 1. The van der Waals surface area contributed by atoms with Gasteiger partial charge in [-0.3, -0.25) is 14.5 Å². The maximum Gasteiger partial charge on any atom is 0.301 e. The number of carbonyl (C=O) groups is 2. The summed E-state index contributed by atoms with van der Waals surface area (Å²) in [6.45, 7) is 0.750. The molecule has 1 amide bonds. The number of hydrogen-bond donors (Lipinski definition) is 0. The number of carbonyl (C=O) groups excluding carboxylic acids is 2. The molecule has 0 N–H and O–H groups in total. The molecular weight excluding hydrogens is 246 g/mol. The molecule has 2 heterocycles. The Morgan fingerprint density at radius 1 is 1.26 bits per heavy atom. The van der Waals surface area contributed by atoms with Crippen LogP contribution in [0.2, 0.25) is 0 Å². The number of hydrogen-bond acceptors (Lipinski definition) is 4. The van der Waals surface area contributed by atoms with Crippen LogP contribution in [0.5, 0.6) is 0 Å². The first-order valence-electron chi connectivity index (χ1n) is 6.46. The molecule has 5 heteroatoms. The van der Waals surface area contributed by atoms with Crippen LogP contribution in [0.1, 0.15) is 29.6 Å². The Balaban J connectivity index is 1.71. The number of benzene rings is 1. The van der Waals surface area contributed by atoms with Gasteiger partial charge in [-0.15, -0.1) is 0 Å². The Bertz CT molecular complexity index is 508. The number of rotatable bonds is 3. The highest BCUT2D eigenvalue weighted by molar-refractivity contribution is 6.52. The zero-order chi connectivity index (χ0) is 13.2. The van der Waals surface area contributed by atoms with Gasteiger partial charge in [0.25, 0.3) is 5.78 Å². The van der Waals surface area contributed by atoms with Crippen LogP contribution in [-0.2, 0) is 14.3 Å². The van der Waals surface area contributed by atoms with Crippen LogP contribution < -0.4 is 4.90 Å². The molecule has 0 radical (unpaired) electrons. The van der Waals surface area contributed by atoms with Crippen LogP contribution >= 0.6 is 0 Å². The van der Waals surface area contributed by atoms with Gasteiger partial charge in [0.15, 0.2) is 6.29 Å². The Morgan fingerprint density at radius 3 is 2.89 bits per heavy atom. The number of ether oxygens (including phenoxy) is 2. The lowest BCUT2D eigenvalue weighted by atomic mass is 10.1. The third-order valence-electron chi connectivity index (χ3n) is 3.41. The second-order valence-corrected chi connectivity index (χ2v) is 4.67. The number of anilines is 1. The topological polar surface area (TPSA) is 55.8 Å². The molecule has 2 aliphatic heterocycles. The van der Waals surface area contributed by atoms with Crippen molar-refractivity contribution in [3.05, 3.63) is 29.8 Å². The molecule has 1 aromatic rings. The SMILES string of the molecule is O=C1C(=O)N(COC2CCCCO2)c2ccccc21. The lowest BCUT2D eigenvalue weighted by molar-refractivity contribution is -0.162. The molecule has 1 unspecified atom stereocenters. The fourth-order valence-electron chi connectivity index (χ4n) is 2.38. The number of ketones is 1. The highest BCUT2D eigenvalue weighted by atomic mass is 16.7. The Morgan fingerprint density at radius 2 is 2.11 bits per heavy atom. The van der Waals surface area contributed by atoms with Crippen LogP contribution in [0.4, 0.5) is 5.69 Å². The maximum absolute atomic E-state index is 11.9. The lowest BCUT2D eigenvalue weighted by Crippen LogP contribution is -2.35. The molecular formula is C14H15NO4. The molecule has 0 spiro atoms. The minimum atomic E-state index is -0.531. The lowest BCUT2D eigenvalue weighted by Gasteiger charge is -2.25. The zero-order valence-electron chi connectivity index (χ0n) is 10.5. The second kappa shape index (κ2) is 5.11. The molecule has 2 aliphatic rings. The second-order valence-electron chi connectivity index (χ2n) is 4.67. The van der Waals surface area contributed by atoms with Crippen molar-refractivity contribution in [1.29, 1.82) is 0 Å². The van der Waals surface area contributed by atoms with E-state index in [4.69, 9.17) is 9.47 Å². The van der Waals surface area contributed by atoms with E-state index in [1.165, 1.54) is 4.90 Å². The molecule has 1 aromatic carbocycles. The van der Waals surface area contributed by atoms with E-state index in [1.54, 1.807) is 24.3 Å². The van der Waals surface area contributed by atoms with E-state index < -0.39 is 11.7 Å². The molecule has 100 valence electrons. The van der Waals surface area contributed by atoms with Gasteiger partial charge in [0.05, 0.1) is 11.3 Å². The van der Waals surface area contributed by atoms with Crippen LogP contribution in [-0.4, -0.2) is 31.3 Å². The Labute approximate surface area is 111 Å². The number of fused-ring (bicyclic) bond motifs is 1. The maximum atomic E-state index is 11.9. The summed E-state index contributed by atoms with van der Waals surface area (Å²) in [5.41, 5.74) is 1.06. The van der Waals surface area contributed by atoms with Crippen molar-refractivity contribution in [2.24, 2.45) is 0 Å². The molecule has 0 aliphatic carbocycles. The standard InChI is InChI=1S/C14H15NO4/c16-13-10-5-1-2-6-11(10)15(14(13)17)9-19-12-7-3-4-8-18-12/h1-2,5-6,12H,3-4,7-9H2. The molecule has 0 bridgehead atoms. The average Bonchev–Trinajstić information content (AvgIpc) is 2.71. The van der Waals surface area contributed by atoms with Crippen LogP contribution in [0, 0.1) is 0 Å². The molecule has 1 atom stereocenters. The van der Waals surface area contributed by atoms with E-state index >= 15 is 0 Å². The van der Waals surface area contributed by atoms with E-state index in [2.05, 4.69) is 0 Å². The monoisotopic (exact) mass is 261 g/mol. The molecule has 1 fully saturated rings. The molecule has 1 saturated heterocycles.